The van der Waals surface area contributed by atoms with E-state index in [4.69, 9.17) is 17.3 Å². The number of carbonyl (C=O) groups is 1. The number of nitriles is 1. The highest BCUT2D eigenvalue weighted by Gasteiger charge is 2.30. The summed E-state index contributed by atoms with van der Waals surface area (Å²) in [7, 11) is 1.50. The van der Waals surface area contributed by atoms with Gasteiger partial charge in [-0.1, -0.05) is 41.9 Å². The van der Waals surface area contributed by atoms with Crippen molar-refractivity contribution in [3.8, 4) is 6.07 Å². The van der Waals surface area contributed by atoms with Gasteiger partial charge in [-0.3, -0.25) is 14.7 Å². The molecule has 4 N–H and O–H groups in total. The monoisotopic (exact) mass is 462 g/mol. The van der Waals surface area contributed by atoms with Crippen LogP contribution in [0, 0.1) is 11.3 Å². The highest BCUT2D eigenvalue weighted by Crippen LogP contribution is 2.34. The normalized spacial score (nSPS) is 14.5. The molecule has 2 heterocycles. The first-order valence-corrected chi connectivity index (χ1v) is 11.0. The second-order valence-corrected chi connectivity index (χ2v) is 7.90. The van der Waals surface area contributed by atoms with Crippen molar-refractivity contribution < 1.29 is 4.79 Å². The first kappa shape index (κ1) is 24.2. The number of halogens is 1. The Bertz CT molecular complexity index is 1120. The highest BCUT2D eigenvalue weighted by atomic mass is 35.5. The smallest absolute Gasteiger partial charge is 0.255 e. The summed E-state index contributed by atoms with van der Waals surface area (Å²) in [5.41, 5.74) is 13.8. The lowest BCUT2D eigenvalue weighted by Gasteiger charge is -2.40. The molecule has 1 atom stereocenters. The van der Waals surface area contributed by atoms with Crippen LogP contribution >= 0.6 is 11.6 Å². The Morgan fingerprint density at radius 2 is 1.76 bits per heavy atom. The topological polar surface area (TPSA) is 112 Å². The molecule has 0 bridgehead atoms. The third kappa shape index (κ3) is 5.68. The van der Waals surface area contributed by atoms with E-state index in [0.717, 1.165) is 11.1 Å². The van der Waals surface area contributed by atoms with Gasteiger partial charge < -0.3 is 16.4 Å². The SMILES string of the molecule is CN.N#Cc1ccc(Cl)c(C(c2ccccc2)N2CCN(C(=O)c3cncc(N)c3)CC2)c1. The van der Waals surface area contributed by atoms with Crippen molar-refractivity contribution in [3.05, 3.63) is 94.3 Å². The number of aromatic nitrogens is 1. The standard InChI is InChI=1S/C24H22ClN5O.CH5N/c25-22-7-6-17(14-26)12-21(22)23(18-4-2-1-3-5-18)29-8-10-30(11-9-29)24(31)19-13-20(27)16-28-15-19;1-2/h1-7,12-13,15-16,23H,8-11,27H2;2H2,1H3. The third-order valence-electron chi connectivity index (χ3n) is 5.51. The Labute approximate surface area is 199 Å². The van der Waals surface area contributed by atoms with E-state index in [1.165, 1.54) is 13.2 Å². The Balaban J connectivity index is 0.00000149. The molecule has 3 aromatic rings. The van der Waals surface area contributed by atoms with Crippen LogP contribution in [0.15, 0.2) is 67.0 Å². The predicted molar refractivity (Wildman–Crippen MR) is 131 cm³/mol. The number of amides is 1. The number of hydrogen-bond donors (Lipinski definition) is 2. The van der Waals surface area contributed by atoms with E-state index < -0.39 is 0 Å². The molecule has 1 unspecified atom stereocenters. The van der Waals surface area contributed by atoms with Gasteiger partial charge in [0, 0.05) is 43.6 Å². The summed E-state index contributed by atoms with van der Waals surface area (Å²) in [6, 6.07) is 19.2. The van der Waals surface area contributed by atoms with Gasteiger partial charge in [0.25, 0.3) is 5.91 Å². The molecule has 1 saturated heterocycles. The zero-order valence-electron chi connectivity index (χ0n) is 18.5. The fraction of sp³-hybridized carbons (Fsp3) is 0.240. The molecule has 0 saturated carbocycles. The van der Waals surface area contributed by atoms with Crippen molar-refractivity contribution in [2.24, 2.45) is 5.73 Å². The summed E-state index contributed by atoms with van der Waals surface area (Å²) in [6.07, 6.45) is 3.07. The molecule has 0 radical (unpaired) electrons. The number of hydrogen-bond acceptors (Lipinski definition) is 6. The minimum absolute atomic E-state index is 0.0692. The van der Waals surface area contributed by atoms with Crippen molar-refractivity contribution in [1.29, 1.82) is 5.26 Å². The fourth-order valence-electron chi connectivity index (χ4n) is 3.99. The van der Waals surface area contributed by atoms with Crippen LogP contribution in [-0.2, 0) is 0 Å². The molecule has 1 fully saturated rings. The van der Waals surface area contributed by atoms with Crippen LogP contribution in [-0.4, -0.2) is 53.9 Å². The van der Waals surface area contributed by atoms with Crippen LogP contribution in [0.4, 0.5) is 5.69 Å². The second-order valence-electron chi connectivity index (χ2n) is 7.50. The van der Waals surface area contributed by atoms with E-state index in [2.05, 4.69) is 33.8 Å². The highest BCUT2D eigenvalue weighted by molar-refractivity contribution is 6.31. The molecule has 2 aromatic carbocycles. The van der Waals surface area contributed by atoms with Gasteiger partial charge in [0.1, 0.15) is 0 Å². The molecule has 0 aliphatic carbocycles. The number of nitrogens with two attached hydrogens (primary N) is 2. The molecule has 1 aliphatic heterocycles. The van der Waals surface area contributed by atoms with Crippen LogP contribution in [0.1, 0.15) is 33.1 Å². The summed E-state index contributed by atoms with van der Waals surface area (Å²) in [5.74, 6) is -0.0692. The Hall–Kier alpha value is -3.44. The van der Waals surface area contributed by atoms with Crippen LogP contribution in [0.5, 0.6) is 0 Å². The predicted octanol–water partition coefficient (Wildman–Crippen LogP) is 3.31. The van der Waals surface area contributed by atoms with Crippen molar-refractivity contribution in [1.82, 2.24) is 14.8 Å². The van der Waals surface area contributed by atoms with Gasteiger partial charge in [-0.15, -0.1) is 0 Å². The number of carbonyl (C=O) groups excluding carboxylic acids is 1. The van der Waals surface area contributed by atoms with Gasteiger partial charge in [-0.2, -0.15) is 5.26 Å². The zero-order chi connectivity index (χ0) is 23.8. The Morgan fingerprint density at radius 1 is 1.06 bits per heavy atom. The zero-order valence-corrected chi connectivity index (χ0v) is 19.2. The van der Waals surface area contributed by atoms with Crippen LogP contribution < -0.4 is 11.5 Å². The molecule has 170 valence electrons. The maximum absolute atomic E-state index is 12.9. The molecule has 1 aromatic heterocycles. The largest absolute Gasteiger partial charge is 0.397 e. The lowest BCUT2D eigenvalue weighted by atomic mass is 9.95. The molecule has 1 amide bonds. The van der Waals surface area contributed by atoms with Crippen molar-refractivity contribution in [2.45, 2.75) is 6.04 Å². The molecule has 0 spiro atoms. The first-order valence-electron chi connectivity index (χ1n) is 10.6. The third-order valence-corrected chi connectivity index (χ3v) is 5.85. The van der Waals surface area contributed by atoms with E-state index >= 15 is 0 Å². The average molecular weight is 463 g/mol. The quantitative estimate of drug-likeness (QED) is 0.615. The summed E-state index contributed by atoms with van der Waals surface area (Å²) in [5, 5.41) is 10.00. The maximum atomic E-state index is 12.9. The van der Waals surface area contributed by atoms with Crippen molar-refractivity contribution >= 4 is 23.2 Å². The molecular formula is C25H27ClN6O. The second kappa shape index (κ2) is 11.4. The Morgan fingerprint density at radius 3 is 2.39 bits per heavy atom. The van der Waals surface area contributed by atoms with E-state index in [0.29, 0.717) is 48.0 Å². The van der Waals surface area contributed by atoms with Gasteiger partial charge in [0.05, 0.1) is 28.9 Å². The molecule has 8 heteroatoms. The van der Waals surface area contributed by atoms with E-state index in [9.17, 15) is 10.1 Å². The molecule has 4 rings (SSSR count). The van der Waals surface area contributed by atoms with E-state index in [1.54, 1.807) is 24.4 Å². The summed E-state index contributed by atoms with van der Waals surface area (Å²) in [6.45, 7) is 2.50. The molecule has 1 aliphatic rings. The van der Waals surface area contributed by atoms with Crippen LogP contribution in [0.2, 0.25) is 5.02 Å². The van der Waals surface area contributed by atoms with Crippen LogP contribution in [0.3, 0.4) is 0 Å². The van der Waals surface area contributed by atoms with Gasteiger partial charge in [0.15, 0.2) is 0 Å². The average Bonchev–Trinajstić information content (AvgIpc) is 2.87. The number of nitrogens with zero attached hydrogens (tertiary/aromatic N) is 4. The maximum Gasteiger partial charge on any atom is 0.255 e. The number of nitrogen functional groups attached to an aromatic ring is 1. The fourth-order valence-corrected chi connectivity index (χ4v) is 4.21. The van der Waals surface area contributed by atoms with Crippen molar-refractivity contribution in [2.75, 3.05) is 39.0 Å². The molecular weight excluding hydrogens is 436 g/mol. The molecule has 7 nitrogen and oxygen atoms in total. The minimum atomic E-state index is -0.103. The summed E-state index contributed by atoms with van der Waals surface area (Å²) in [4.78, 5) is 21.0. The van der Waals surface area contributed by atoms with Gasteiger partial charge in [0.2, 0.25) is 0 Å². The van der Waals surface area contributed by atoms with Gasteiger partial charge >= 0.3 is 0 Å². The van der Waals surface area contributed by atoms with E-state index in [1.807, 2.05) is 29.2 Å². The van der Waals surface area contributed by atoms with Gasteiger partial charge in [-0.25, -0.2) is 0 Å². The lowest BCUT2D eigenvalue weighted by Crippen LogP contribution is -2.50. The van der Waals surface area contributed by atoms with Crippen LogP contribution in [0.25, 0.3) is 0 Å². The number of rotatable bonds is 4. The number of anilines is 1. The minimum Gasteiger partial charge on any atom is -0.397 e. The molecule has 33 heavy (non-hydrogen) atoms. The number of benzene rings is 2. The number of pyridine rings is 1. The lowest BCUT2D eigenvalue weighted by molar-refractivity contribution is 0.0597. The first-order chi connectivity index (χ1) is 16.1. The summed E-state index contributed by atoms with van der Waals surface area (Å²) < 4.78 is 0. The van der Waals surface area contributed by atoms with Crippen molar-refractivity contribution in [3.63, 3.8) is 0 Å². The van der Waals surface area contributed by atoms with Gasteiger partial charge in [-0.05, 0) is 42.4 Å². The Kier molecular flexibility index (Phi) is 8.39. The van der Waals surface area contributed by atoms with E-state index in [-0.39, 0.29) is 11.9 Å². The number of piperazine rings is 1. The summed E-state index contributed by atoms with van der Waals surface area (Å²) >= 11 is 6.57.